The third-order valence-corrected chi connectivity index (χ3v) is 1.76. The molecule has 6 nitrogen and oxygen atoms in total. The highest BCUT2D eigenvalue weighted by Crippen LogP contribution is 2.32. The van der Waals surface area contributed by atoms with Gasteiger partial charge in [0.25, 0.3) is 6.43 Å². The van der Waals surface area contributed by atoms with Crippen LogP contribution in [0, 0.1) is 10.1 Å². The summed E-state index contributed by atoms with van der Waals surface area (Å²) in [6.07, 6.45) is -2.22. The summed E-state index contributed by atoms with van der Waals surface area (Å²) in [5.74, 6) is 0. The zero-order valence-electron chi connectivity index (χ0n) is 7.35. The fourth-order valence-electron chi connectivity index (χ4n) is 1.13. The second-order valence-electron chi connectivity index (χ2n) is 2.64. The van der Waals surface area contributed by atoms with E-state index >= 15 is 0 Å². The maximum absolute atomic E-state index is 12.4. The Labute approximate surface area is 82.5 Å². The van der Waals surface area contributed by atoms with Gasteiger partial charge in [0.15, 0.2) is 0 Å². The minimum absolute atomic E-state index is 0.353. The van der Waals surface area contributed by atoms with Crippen LogP contribution < -0.4 is 5.73 Å². The quantitative estimate of drug-likeness (QED) is 0.583. The van der Waals surface area contributed by atoms with E-state index in [0.717, 1.165) is 6.20 Å². The zero-order valence-corrected chi connectivity index (χ0v) is 7.35. The highest BCUT2D eigenvalue weighted by Gasteiger charge is 2.26. The molecule has 0 atom stereocenters. The van der Waals surface area contributed by atoms with Gasteiger partial charge in [-0.25, -0.2) is 8.78 Å². The number of hydrogen-bond donors (Lipinski definition) is 2. The van der Waals surface area contributed by atoms with Crippen LogP contribution in [0.1, 0.15) is 17.7 Å². The van der Waals surface area contributed by atoms with Crippen molar-refractivity contribution < 1.29 is 18.8 Å². The molecule has 0 aliphatic heterocycles. The van der Waals surface area contributed by atoms with Crippen molar-refractivity contribution in [2.45, 2.75) is 13.0 Å². The number of nitrogens with two attached hydrogens (primary N) is 1. The number of anilines is 1. The molecule has 0 saturated carbocycles. The lowest BCUT2D eigenvalue weighted by atomic mass is 10.1. The number of aliphatic hydroxyl groups is 1. The summed E-state index contributed by atoms with van der Waals surface area (Å²) in [6.45, 7) is -0.909. The van der Waals surface area contributed by atoms with Crippen LogP contribution in [0.2, 0.25) is 0 Å². The van der Waals surface area contributed by atoms with Gasteiger partial charge in [0.05, 0.1) is 23.3 Å². The number of aromatic nitrogens is 1. The number of nitrogens with zero attached hydrogens (tertiary/aromatic N) is 2. The molecule has 0 spiro atoms. The van der Waals surface area contributed by atoms with Crippen molar-refractivity contribution in [1.82, 2.24) is 4.98 Å². The predicted molar refractivity (Wildman–Crippen MR) is 46.2 cm³/mol. The smallest absolute Gasteiger partial charge is 0.301 e. The molecule has 0 aromatic carbocycles. The molecule has 0 aliphatic carbocycles. The molecule has 0 unspecified atom stereocenters. The van der Waals surface area contributed by atoms with E-state index in [0.29, 0.717) is 0 Å². The van der Waals surface area contributed by atoms with E-state index in [-0.39, 0.29) is 5.69 Å². The Morgan fingerprint density at radius 3 is 2.67 bits per heavy atom. The first-order valence-electron chi connectivity index (χ1n) is 3.79. The van der Waals surface area contributed by atoms with E-state index in [1.807, 2.05) is 0 Å². The second-order valence-corrected chi connectivity index (χ2v) is 2.64. The summed E-state index contributed by atoms with van der Waals surface area (Å²) in [6, 6.07) is 0. The fraction of sp³-hybridized carbons (Fsp3) is 0.286. The molecule has 0 radical (unpaired) electrons. The van der Waals surface area contributed by atoms with E-state index in [4.69, 9.17) is 10.8 Å². The molecule has 8 heteroatoms. The van der Waals surface area contributed by atoms with Gasteiger partial charge in [-0.05, 0) is 0 Å². The standard InChI is InChI=1S/C7H7F2N3O3/c8-7(9)5-3(2-13)6(12(14)15)4(10)1-11-5/h1,7,13H,2,10H2. The lowest BCUT2D eigenvalue weighted by molar-refractivity contribution is -0.385. The topological polar surface area (TPSA) is 102 Å². The highest BCUT2D eigenvalue weighted by atomic mass is 19.3. The van der Waals surface area contributed by atoms with E-state index in [9.17, 15) is 18.9 Å². The van der Waals surface area contributed by atoms with Gasteiger partial charge in [0, 0.05) is 0 Å². The summed E-state index contributed by atoms with van der Waals surface area (Å²) in [5.41, 5.74) is 2.77. The van der Waals surface area contributed by atoms with Crippen LogP contribution in [0.4, 0.5) is 20.2 Å². The maximum Gasteiger partial charge on any atom is 0.301 e. The van der Waals surface area contributed by atoms with Gasteiger partial charge in [-0.15, -0.1) is 0 Å². The van der Waals surface area contributed by atoms with Crippen LogP contribution in [0.25, 0.3) is 0 Å². The van der Waals surface area contributed by atoms with Crippen molar-refractivity contribution in [3.8, 4) is 0 Å². The van der Waals surface area contributed by atoms with Crippen molar-refractivity contribution >= 4 is 11.4 Å². The summed E-state index contributed by atoms with van der Waals surface area (Å²) >= 11 is 0. The molecule has 0 saturated heterocycles. The number of halogens is 2. The first kappa shape index (κ1) is 11.2. The van der Waals surface area contributed by atoms with Crippen molar-refractivity contribution in [2.24, 2.45) is 0 Å². The Bertz CT molecular complexity index is 397. The van der Waals surface area contributed by atoms with Crippen molar-refractivity contribution in [1.29, 1.82) is 0 Å². The molecular weight excluding hydrogens is 212 g/mol. The average Bonchev–Trinajstić information content (AvgIpc) is 2.15. The third kappa shape index (κ3) is 1.99. The van der Waals surface area contributed by atoms with Crippen molar-refractivity contribution in [3.63, 3.8) is 0 Å². The molecule has 1 rings (SSSR count). The van der Waals surface area contributed by atoms with E-state index < -0.39 is 34.9 Å². The van der Waals surface area contributed by atoms with E-state index in [1.54, 1.807) is 0 Å². The van der Waals surface area contributed by atoms with Crippen molar-refractivity contribution in [3.05, 3.63) is 27.6 Å². The van der Waals surface area contributed by atoms with Gasteiger partial charge in [0.2, 0.25) is 0 Å². The zero-order chi connectivity index (χ0) is 11.6. The third-order valence-electron chi connectivity index (χ3n) is 1.76. The number of alkyl halides is 2. The van der Waals surface area contributed by atoms with Gasteiger partial charge in [-0.1, -0.05) is 0 Å². The Hall–Kier alpha value is -1.83. The Morgan fingerprint density at radius 2 is 2.27 bits per heavy atom. The lowest BCUT2D eigenvalue weighted by Gasteiger charge is -2.07. The first-order chi connectivity index (χ1) is 6.99. The number of aliphatic hydroxyl groups excluding tert-OH is 1. The van der Waals surface area contributed by atoms with Gasteiger partial charge in [0.1, 0.15) is 11.4 Å². The van der Waals surface area contributed by atoms with Crippen molar-refractivity contribution in [2.75, 3.05) is 5.73 Å². The molecule has 0 fully saturated rings. The molecule has 0 bridgehead atoms. The van der Waals surface area contributed by atoms with E-state index in [2.05, 4.69) is 4.98 Å². The number of hydrogen-bond acceptors (Lipinski definition) is 5. The lowest BCUT2D eigenvalue weighted by Crippen LogP contribution is -2.07. The van der Waals surface area contributed by atoms with Crippen LogP contribution >= 0.6 is 0 Å². The molecule has 0 amide bonds. The minimum atomic E-state index is -2.99. The second kappa shape index (κ2) is 4.13. The molecule has 1 aromatic heterocycles. The molecule has 3 N–H and O–H groups in total. The Morgan fingerprint density at radius 1 is 1.67 bits per heavy atom. The molecule has 0 aliphatic rings. The van der Waals surface area contributed by atoms with E-state index in [1.165, 1.54) is 0 Å². The highest BCUT2D eigenvalue weighted by molar-refractivity contribution is 5.62. The van der Waals surface area contributed by atoms with Gasteiger partial charge < -0.3 is 10.8 Å². The summed E-state index contributed by atoms with van der Waals surface area (Å²) in [4.78, 5) is 12.8. The molecular formula is C7H7F2N3O3. The van der Waals surface area contributed by atoms with Crippen LogP contribution in [0.5, 0.6) is 0 Å². The number of rotatable bonds is 3. The van der Waals surface area contributed by atoms with Crippen LogP contribution in [0.3, 0.4) is 0 Å². The predicted octanol–water partition coefficient (Wildman–Crippen LogP) is 1.00. The summed E-state index contributed by atoms with van der Waals surface area (Å²) in [7, 11) is 0. The number of pyridine rings is 1. The molecule has 15 heavy (non-hydrogen) atoms. The maximum atomic E-state index is 12.4. The normalized spacial score (nSPS) is 10.7. The minimum Gasteiger partial charge on any atom is -0.392 e. The fourth-order valence-corrected chi connectivity index (χ4v) is 1.13. The van der Waals surface area contributed by atoms with Gasteiger partial charge in [-0.2, -0.15) is 0 Å². The SMILES string of the molecule is Nc1cnc(C(F)F)c(CO)c1[N+](=O)[O-]. The Balaban J connectivity index is 3.47. The van der Waals surface area contributed by atoms with Crippen LogP contribution in [-0.2, 0) is 6.61 Å². The number of nitro groups is 1. The summed E-state index contributed by atoms with van der Waals surface area (Å²) in [5, 5.41) is 19.3. The summed E-state index contributed by atoms with van der Waals surface area (Å²) < 4.78 is 24.7. The molecule has 1 heterocycles. The van der Waals surface area contributed by atoms with Crippen LogP contribution in [0.15, 0.2) is 6.20 Å². The Kier molecular flexibility index (Phi) is 3.10. The average molecular weight is 219 g/mol. The largest absolute Gasteiger partial charge is 0.392 e. The molecule has 82 valence electrons. The van der Waals surface area contributed by atoms with Gasteiger partial charge >= 0.3 is 5.69 Å². The molecule has 1 aromatic rings. The number of nitrogen functional groups attached to an aromatic ring is 1. The van der Waals surface area contributed by atoms with Gasteiger partial charge in [-0.3, -0.25) is 15.1 Å². The monoisotopic (exact) mass is 219 g/mol. The van der Waals surface area contributed by atoms with Crippen LogP contribution in [-0.4, -0.2) is 15.0 Å². The first-order valence-corrected chi connectivity index (χ1v) is 3.79.